The van der Waals surface area contributed by atoms with Crippen molar-refractivity contribution in [3.8, 4) is 0 Å². The summed E-state index contributed by atoms with van der Waals surface area (Å²) < 4.78 is 0. The molecule has 0 aliphatic rings. The van der Waals surface area contributed by atoms with Gasteiger partial charge in [0.2, 0.25) is 0 Å². The van der Waals surface area contributed by atoms with Crippen LogP contribution in [0.3, 0.4) is 0 Å². The van der Waals surface area contributed by atoms with Crippen molar-refractivity contribution in [1.29, 1.82) is 0 Å². The molecule has 6 nitrogen and oxygen atoms in total. The van der Waals surface area contributed by atoms with Crippen molar-refractivity contribution in [2.24, 2.45) is 0 Å². The zero-order chi connectivity index (χ0) is 12.6. The van der Waals surface area contributed by atoms with E-state index in [9.17, 15) is 10.0 Å². The van der Waals surface area contributed by atoms with E-state index >= 15 is 0 Å². The Kier molecular flexibility index (Phi) is 8.91. The van der Waals surface area contributed by atoms with Crippen molar-refractivity contribution < 1.29 is 20.3 Å². The fourth-order valence-electron chi connectivity index (χ4n) is 1.48. The molecule has 0 bridgehead atoms. The molecule has 4 N–H and O–H groups in total. The van der Waals surface area contributed by atoms with Gasteiger partial charge in [-0.3, -0.25) is 0 Å². The average molecular weight is 232 g/mol. The summed E-state index contributed by atoms with van der Waals surface area (Å²) in [5.74, 6) is 0. The molecule has 0 aromatic carbocycles. The molecule has 0 saturated carbocycles. The number of aliphatic hydroxyl groups excluding tert-OH is 2. The van der Waals surface area contributed by atoms with Crippen LogP contribution in [0.5, 0.6) is 0 Å². The third kappa shape index (κ3) is 6.47. The Balaban J connectivity index is 4.04. The van der Waals surface area contributed by atoms with E-state index in [4.69, 9.17) is 10.2 Å². The van der Waals surface area contributed by atoms with Crippen molar-refractivity contribution >= 4 is 14.1 Å². The molecular weight excluding hydrogens is 210 g/mol. The van der Waals surface area contributed by atoms with E-state index in [2.05, 4.69) is 0 Å². The maximum atomic E-state index is 9.41. The molecule has 0 rings (SSSR count). The minimum atomic E-state index is -0.628. The Morgan fingerprint density at radius 3 is 1.25 bits per heavy atom. The van der Waals surface area contributed by atoms with Gasteiger partial charge in [-0.15, -0.1) is 0 Å². The minimum Gasteiger partial charge on any atom is -0.437 e. The maximum absolute atomic E-state index is 9.41. The maximum Gasteiger partial charge on any atom is 0.376 e. The molecule has 0 amide bonds. The molecule has 0 aromatic rings. The summed E-state index contributed by atoms with van der Waals surface area (Å²) in [5.41, 5.74) is 0. The van der Waals surface area contributed by atoms with Gasteiger partial charge in [-0.05, 0) is 13.6 Å². The molecule has 0 unspecified atom stereocenters. The van der Waals surface area contributed by atoms with E-state index in [1.54, 1.807) is 23.3 Å². The van der Waals surface area contributed by atoms with Crippen LogP contribution in [-0.2, 0) is 0 Å². The van der Waals surface area contributed by atoms with Crippen molar-refractivity contribution in [1.82, 2.24) is 9.62 Å². The lowest BCUT2D eigenvalue weighted by Crippen LogP contribution is -2.47. The lowest BCUT2D eigenvalue weighted by atomic mass is 9.83. The van der Waals surface area contributed by atoms with Crippen LogP contribution in [0, 0.1) is 0 Å². The minimum absolute atomic E-state index is 0.0143. The molecule has 0 aliphatic heterocycles. The molecule has 8 heteroatoms. The Morgan fingerprint density at radius 2 is 1.06 bits per heavy atom. The second-order valence-electron chi connectivity index (χ2n) is 3.78. The van der Waals surface area contributed by atoms with Gasteiger partial charge in [-0.2, -0.15) is 0 Å². The quantitative estimate of drug-likeness (QED) is 0.337. The second kappa shape index (κ2) is 8.98. The molecule has 0 fully saturated rings. The monoisotopic (exact) mass is 232 g/mol. The summed E-state index contributed by atoms with van der Waals surface area (Å²) in [4.78, 5) is 3.40. The largest absolute Gasteiger partial charge is 0.437 e. The first-order chi connectivity index (χ1) is 7.52. The van der Waals surface area contributed by atoms with E-state index in [1.165, 1.54) is 0 Å². The van der Waals surface area contributed by atoms with Crippen LogP contribution in [0.25, 0.3) is 0 Å². The molecule has 0 aliphatic carbocycles. The SMILES string of the molecule is CB(O)N(CCO)CCN(CCO)B(C)O. The van der Waals surface area contributed by atoms with Crippen LogP contribution in [0.4, 0.5) is 0 Å². The van der Waals surface area contributed by atoms with Gasteiger partial charge in [0, 0.05) is 26.2 Å². The number of rotatable bonds is 9. The summed E-state index contributed by atoms with van der Waals surface area (Å²) in [6, 6.07) is 0. The van der Waals surface area contributed by atoms with Gasteiger partial charge in [0.05, 0.1) is 13.2 Å². The first-order valence-corrected chi connectivity index (χ1v) is 5.58. The van der Waals surface area contributed by atoms with E-state index < -0.39 is 14.1 Å². The number of nitrogens with zero attached hydrogens (tertiary/aromatic N) is 2. The first-order valence-electron chi connectivity index (χ1n) is 5.58. The van der Waals surface area contributed by atoms with Crippen molar-refractivity contribution in [2.75, 3.05) is 39.4 Å². The predicted octanol–water partition coefficient (Wildman–Crippen LogP) is -2.20. The fraction of sp³-hybridized carbons (Fsp3) is 1.00. The zero-order valence-electron chi connectivity index (χ0n) is 10.1. The van der Waals surface area contributed by atoms with Crippen molar-refractivity contribution in [3.63, 3.8) is 0 Å². The Hall–Kier alpha value is -0.110. The van der Waals surface area contributed by atoms with Crippen LogP contribution in [0.15, 0.2) is 0 Å². The Labute approximate surface area is 97.8 Å². The second-order valence-corrected chi connectivity index (χ2v) is 3.78. The van der Waals surface area contributed by atoms with E-state index in [-0.39, 0.29) is 13.2 Å². The smallest absolute Gasteiger partial charge is 0.376 e. The summed E-state index contributed by atoms with van der Waals surface area (Å²) >= 11 is 0. The van der Waals surface area contributed by atoms with Crippen LogP contribution in [0.1, 0.15) is 0 Å². The molecule has 0 radical (unpaired) electrons. The normalized spacial score (nSPS) is 11.2. The first kappa shape index (κ1) is 15.9. The standard InChI is InChI=1S/C8H22B2N2O4/c1-9(15)11(5-7-13)3-4-12(6-8-14)10(2)16/h13-16H,3-8H2,1-2H3. The lowest BCUT2D eigenvalue weighted by Gasteiger charge is -2.27. The van der Waals surface area contributed by atoms with Crippen LogP contribution >= 0.6 is 0 Å². The molecule has 16 heavy (non-hydrogen) atoms. The highest BCUT2D eigenvalue weighted by atomic mass is 16.3. The van der Waals surface area contributed by atoms with Gasteiger partial charge in [-0.1, -0.05) is 0 Å². The van der Waals surface area contributed by atoms with Gasteiger partial charge in [-0.25, -0.2) is 0 Å². The van der Waals surface area contributed by atoms with Gasteiger partial charge >= 0.3 is 14.1 Å². The predicted molar refractivity (Wildman–Crippen MR) is 65.0 cm³/mol. The fourth-order valence-corrected chi connectivity index (χ4v) is 1.48. The highest BCUT2D eigenvalue weighted by Crippen LogP contribution is 1.96. The summed E-state index contributed by atoms with van der Waals surface area (Å²) in [7, 11) is -1.26. The van der Waals surface area contributed by atoms with Crippen LogP contribution in [-0.4, -0.2) is 83.4 Å². The van der Waals surface area contributed by atoms with Gasteiger partial charge in [0.25, 0.3) is 0 Å². The molecule has 0 aromatic heterocycles. The zero-order valence-corrected chi connectivity index (χ0v) is 10.1. The van der Waals surface area contributed by atoms with E-state index in [0.717, 1.165) is 0 Å². The number of aliphatic hydroxyl groups is 2. The molecule has 0 atom stereocenters. The molecule has 94 valence electrons. The van der Waals surface area contributed by atoms with Gasteiger partial charge < -0.3 is 29.9 Å². The molecule has 0 heterocycles. The Morgan fingerprint density at radius 1 is 0.750 bits per heavy atom. The third-order valence-corrected chi connectivity index (χ3v) is 2.51. The lowest BCUT2D eigenvalue weighted by molar-refractivity contribution is 0.212. The van der Waals surface area contributed by atoms with Crippen molar-refractivity contribution in [3.05, 3.63) is 0 Å². The third-order valence-electron chi connectivity index (χ3n) is 2.51. The number of hydrogen-bond donors (Lipinski definition) is 4. The van der Waals surface area contributed by atoms with Gasteiger partial charge in [0.15, 0.2) is 0 Å². The highest BCUT2D eigenvalue weighted by Gasteiger charge is 2.19. The average Bonchev–Trinajstić information content (AvgIpc) is 2.21. The number of hydrogen-bond acceptors (Lipinski definition) is 6. The molecule has 0 saturated heterocycles. The van der Waals surface area contributed by atoms with Gasteiger partial charge in [0.1, 0.15) is 0 Å². The molecule has 0 spiro atoms. The summed E-state index contributed by atoms with van der Waals surface area (Å²) in [5, 5.41) is 36.4. The highest BCUT2D eigenvalue weighted by molar-refractivity contribution is 6.45. The summed E-state index contributed by atoms with van der Waals surface area (Å²) in [6.45, 7) is 5.09. The Bertz CT molecular complexity index is 156. The topological polar surface area (TPSA) is 87.4 Å². The van der Waals surface area contributed by atoms with E-state index in [1.807, 2.05) is 0 Å². The molecular formula is C8H22B2N2O4. The van der Waals surface area contributed by atoms with Crippen LogP contribution < -0.4 is 0 Å². The van der Waals surface area contributed by atoms with E-state index in [0.29, 0.717) is 26.2 Å². The van der Waals surface area contributed by atoms with Crippen molar-refractivity contribution in [2.45, 2.75) is 13.6 Å². The van der Waals surface area contributed by atoms with Crippen LogP contribution in [0.2, 0.25) is 13.6 Å². The summed E-state index contributed by atoms with van der Waals surface area (Å²) in [6.07, 6.45) is 0.